The van der Waals surface area contributed by atoms with Gasteiger partial charge in [-0.3, -0.25) is 15.0 Å². The standard InChI is InChI=1S/C11H8ClN5O/c12-8-2-1-6(15-8)5-7-9(16-17-11(7)18)10-13-3-4-14-10/h1-5,15-16H,(H,17,18)/b7-5+. The summed E-state index contributed by atoms with van der Waals surface area (Å²) in [6.07, 6.45) is 4.82. The Morgan fingerprint density at radius 1 is 1.17 bits per heavy atom. The van der Waals surface area contributed by atoms with Crippen molar-refractivity contribution >= 4 is 35.9 Å². The lowest BCUT2D eigenvalue weighted by Crippen LogP contribution is -2.34. The predicted octanol–water partition coefficient (Wildman–Crippen LogP) is -0.266. The number of aromatic amines is 3. The highest BCUT2D eigenvalue weighted by Gasteiger charge is 2.03. The highest BCUT2D eigenvalue weighted by Crippen LogP contribution is 2.07. The lowest BCUT2D eigenvalue weighted by atomic mass is 10.3. The number of halogens is 1. The fourth-order valence-electron chi connectivity index (χ4n) is 1.68. The molecule has 2 aromatic heterocycles. The molecule has 0 radical (unpaired) electrons. The van der Waals surface area contributed by atoms with Crippen LogP contribution in [0.1, 0.15) is 5.69 Å². The van der Waals surface area contributed by atoms with Gasteiger partial charge >= 0.3 is 0 Å². The van der Waals surface area contributed by atoms with Gasteiger partial charge < -0.3 is 4.98 Å². The highest BCUT2D eigenvalue weighted by molar-refractivity contribution is 6.29. The molecule has 3 heterocycles. The molecular weight excluding hydrogens is 254 g/mol. The Morgan fingerprint density at radius 2 is 1.94 bits per heavy atom. The predicted molar refractivity (Wildman–Crippen MR) is 70.4 cm³/mol. The second kappa shape index (κ2) is 4.15. The fraction of sp³-hybridized carbons (Fsp3) is 0. The van der Waals surface area contributed by atoms with E-state index < -0.39 is 0 Å². The molecule has 3 rings (SSSR count). The minimum Gasteiger partial charge on any atom is -0.346 e. The largest absolute Gasteiger partial charge is 0.346 e. The van der Waals surface area contributed by atoms with Crippen molar-refractivity contribution in [2.75, 3.05) is 0 Å². The topological polar surface area (TPSA) is 89.2 Å². The third kappa shape index (κ3) is 1.82. The molecule has 18 heavy (non-hydrogen) atoms. The van der Waals surface area contributed by atoms with Gasteiger partial charge in [-0.1, -0.05) is 11.6 Å². The molecular formula is C11H8ClN5O. The summed E-state index contributed by atoms with van der Waals surface area (Å²) < 4.78 is 0. The Morgan fingerprint density at radius 3 is 2.61 bits per heavy atom. The Kier molecular flexibility index (Phi) is 2.49. The van der Waals surface area contributed by atoms with E-state index in [4.69, 9.17) is 11.6 Å². The van der Waals surface area contributed by atoms with Crippen molar-refractivity contribution in [1.29, 1.82) is 0 Å². The lowest BCUT2D eigenvalue weighted by molar-refractivity contribution is 1.03. The number of H-pyrrole nitrogens is 3. The zero-order chi connectivity index (χ0) is 12.5. The number of rotatable bonds is 1. The van der Waals surface area contributed by atoms with Gasteiger partial charge in [-0.25, -0.2) is 9.98 Å². The summed E-state index contributed by atoms with van der Waals surface area (Å²) >= 11 is 5.79. The van der Waals surface area contributed by atoms with Crippen LogP contribution >= 0.6 is 11.6 Å². The van der Waals surface area contributed by atoms with Crippen molar-refractivity contribution < 1.29 is 0 Å². The van der Waals surface area contributed by atoms with E-state index in [0.717, 1.165) is 5.69 Å². The highest BCUT2D eigenvalue weighted by atomic mass is 35.5. The first-order valence-corrected chi connectivity index (χ1v) is 5.56. The van der Waals surface area contributed by atoms with Crippen molar-refractivity contribution in [3.63, 3.8) is 0 Å². The van der Waals surface area contributed by atoms with Crippen molar-refractivity contribution in [2.45, 2.75) is 0 Å². The van der Waals surface area contributed by atoms with E-state index >= 15 is 0 Å². The third-order valence-electron chi connectivity index (χ3n) is 2.47. The van der Waals surface area contributed by atoms with E-state index in [2.05, 4.69) is 25.2 Å². The van der Waals surface area contributed by atoms with Crippen LogP contribution in [0.25, 0.3) is 11.9 Å². The van der Waals surface area contributed by atoms with Crippen molar-refractivity contribution in [3.05, 3.63) is 43.9 Å². The Labute approximate surface area is 105 Å². The minimum atomic E-state index is -0.236. The average molecular weight is 262 g/mol. The van der Waals surface area contributed by atoms with Crippen LogP contribution < -0.4 is 16.1 Å². The molecule has 0 saturated heterocycles. The summed E-state index contributed by atoms with van der Waals surface area (Å²) in [5.41, 5.74) is 0.499. The van der Waals surface area contributed by atoms with Crippen molar-refractivity contribution in [1.82, 2.24) is 15.2 Å². The van der Waals surface area contributed by atoms with Crippen LogP contribution in [0.15, 0.2) is 26.9 Å². The number of hydrogen-bond donors (Lipinski definition) is 3. The van der Waals surface area contributed by atoms with E-state index in [-0.39, 0.29) is 5.56 Å². The van der Waals surface area contributed by atoms with Gasteiger partial charge in [0.1, 0.15) is 10.5 Å². The van der Waals surface area contributed by atoms with Crippen LogP contribution in [-0.2, 0) is 0 Å². The van der Waals surface area contributed by atoms with E-state index in [0.29, 0.717) is 21.5 Å². The molecule has 0 atom stereocenters. The van der Waals surface area contributed by atoms with Crippen LogP contribution in [0.3, 0.4) is 0 Å². The van der Waals surface area contributed by atoms with E-state index in [1.54, 1.807) is 30.6 Å². The summed E-state index contributed by atoms with van der Waals surface area (Å²) in [6, 6.07) is 3.50. The second-order valence-corrected chi connectivity index (χ2v) is 4.06. The number of aliphatic imine (C=N–C) groups is 2. The molecule has 0 saturated carbocycles. The Bertz CT molecular complexity index is 806. The lowest BCUT2D eigenvalue weighted by Gasteiger charge is -1.86. The molecule has 1 aliphatic heterocycles. The Balaban J connectivity index is 2.31. The SMILES string of the molecule is O=c1[nH][nH]c(=C2N=CC=N2)/c1=C\c1ccc(Cl)[nH]1. The van der Waals surface area contributed by atoms with E-state index in [9.17, 15) is 4.79 Å². The Hall–Kier alpha value is -2.34. The molecule has 0 bridgehead atoms. The normalized spacial score (nSPS) is 14.9. The molecule has 0 unspecified atom stereocenters. The number of nitrogens with zero attached hydrogens (tertiary/aromatic N) is 2. The minimum absolute atomic E-state index is 0.236. The van der Waals surface area contributed by atoms with Crippen molar-refractivity contribution in [2.24, 2.45) is 9.98 Å². The molecule has 90 valence electrons. The fourth-order valence-corrected chi connectivity index (χ4v) is 1.85. The molecule has 6 nitrogen and oxygen atoms in total. The first-order chi connectivity index (χ1) is 8.74. The maximum absolute atomic E-state index is 11.7. The molecule has 0 fully saturated rings. The molecule has 3 N–H and O–H groups in total. The van der Waals surface area contributed by atoms with Crippen LogP contribution in [0, 0.1) is 0 Å². The zero-order valence-corrected chi connectivity index (χ0v) is 9.82. The smallest absolute Gasteiger partial charge is 0.272 e. The van der Waals surface area contributed by atoms with Gasteiger partial charge in [-0.05, 0) is 18.2 Å². The van der Waals surface area contributed by atoms with Crippen LogP contribution in [0.4, 0.5) is 0 Å². The van der Waals surface area contributed by atoms with Crippen LogP contribution in [-0.4, -0.2) is 27.6 Å². The summed E-state index contributed by atoms with van der Waals surface area (Å²) in [7, 11) is 0. The number of nitrogens with one attached hydrogen (secondary N) is 3. The first kappa shape index (κ1) is 10.8. The summed E-state index contributed by atoms with van der Waals surface area (Å²) in [6.45, 7) is 0. The molecule has 0 aliphatic carbocycles. The molecule has 0 spiro atoms. The summed E-state index contributed by atoms with van der Waals surface area (Å²) in [5.74, 6) is 0.470. The monoisotopic (exact) mass is 261 g/mol. The van der Waals surface area contributed by atoms with Gasteiger partial charge in [0.25, 0.3) is 5.56 Å². The molecule has 7 heteroatoms. The van der Waals surface area contributed by atoms with Gasteiger partial charge in [-0.15, -0.1) is 0 Å². The summed E-state index contributed by atoms with van der Waals surface area (Å²) in [4.78, 5) is 22.7. The summed E-state index contributed by atoms with van der Waals surface area (Å²) in [5, 5.41) is 6.80. The van der Waals surface area contributed by atoms with Crippen LogP contribution in [0.2, 0.25) is 5.15 Å². The molecule has 2 aromatic rings. The number of hydrogen-bond acceptors (Lipinski definition) is 3. The number of aromatic nitrogens is 3. The maximum Gasteiger partial charge on any atom is 0.272 e. The third-order valence-corrected chi connectivity index (χ3v) is 2.69. The molecule has 0 aromatic carbocycles. The zero-order valence-electron chi connectivity index (χ0n) is 9.07. The van der Waals surface area contributed by atoms with E-state index in [1.807, 2.05) is 0 Å². The van der Waals surface area contributed by atoms with Gasteiger partial charge in [0.05, 0.1) is 5.22 Å². The van der Waals surface area contributed by atoms with Gasteiger partial charge in [0.15, 0.2) is 5.82 Å². The van der Waals surface area contributed by atoms with Crippen LogP contribution in [0.5, 0.6) is 0 Å². The quantitative estimate of drug-likeness (QED) is 0.648. The van der Waals surface area contributed by atoms with Gasteiger partial charge in [0.2, 0.25) is 0 Å². The first-order valence-electron chi connectivity index (χ1n) is 5.18. The molecule has 1 aliphatic rings. The van der Waals surface area contributed by atoms with E-state index in [1.165, 1.54) is 0 Å². The molecule has 0 amide bonds. The van der Waals surface area contributed by atoms with Gasteiger partial charge in [-0.2, -0.15) is 0 Å². The average Bonchev–Trinajstić information content (AvgIpc) is 3.03. The maximum atomic E-state index is 11.7. The van der Waals surface area contributed by atoms with Gasteiger partial charge in [0, 0.05) is 18.1 Å². The van der Waals surface area contributed by atoms with Crippen molar-refractivity contribution in [3.8, 4) is 0 Å². The second-order valence-electron chi connectivity index (χ2n) is 3.65.